The quantitative estimate of drug-likeness (QED) is 0.457. The van der Waals surface area contributed by atoms with Gasteiger partial charge < -0.3 is 9.64 Å². The number of morpholine rings is 1. The SMILES string of the molecule is C[C@@H]1CN(Cc2cnc3c(c2)-c2ncnn2CN3Cc2ccc(-n3cccn3)cc2)C[C@H](C)O1. The molecule has 0 unspecified atom stereocenters. The topological polar surface area (TPSA) is 77.1 Å². The van der Waals surface area contributed by atoms with Gasteiger partial charge in [0.2, 0.25) is 0 Å². The molecular weight excluding hydrogens is 428 g/mol. The molecule has 2 atom stereocenters. The van der Waals surface area contributed by atoms with Crippen LogP contribution in [0.5, 0.6) is 0 Å². The molecule has 9 nitrogen and oxygen atoms in total. The fourth-order valence-electron chi connectivity index (χ4n) is 5.00. The standard InChI is InChI=1S/C25H28N8O/c1-18-12-30(13-19(2)34-18)14-21-10-23-24(26-11-21)31(17-33-25(23)27-16-29-33)15-20-4-6-22(7-5-20)32-9-3-8-28-32/h3-11,16,18-19H,12-15,17H2,1-2H3/t18-,19+. The predicted molar refractivity (Wildman–Crippen MR) is 128 cm³/mol. The van der Waals surface area contributed by atoms with E-state index in [-0.39, 0.29) is 12.2 Å². The van der Waals surface area contributed by atoms with Gasteiger partial charge in [0.05, 0.1) is 23.5 Å². The number of hydrogen-bond acceptors (Lipinski definition) is 7. The average Bonchev–Trinajstić information content (AvgIpc) is 3.51. The van der Waals surface area contributed by atoms with E-state index in [2.05, 4.69) is 69.2 Å². The molecule has 0 aliphatic carbocycles. The Morgan fingerprint density at radius 3 is 2.56 bits per heavy atom. The lowest BCUT2D eigenvalue weighted by atomic mass is 10.1. The number of nitrogens with zero attached hydrogens (tertiary/aromatic N) is 8. The second-order valence-electron chi connectivity index (χ2n) is 9.21. The lowest BCUT2D eigenvalue weighted by molar-refractivity contribution is -0.0705. The number of benzene rings is 1. The van der Waals surface area contributed by atoms with Crippen LogP contribution in [0.25, 0.3) is 17.1 Å². The van der Waals surface area contributed by atoms with E-state index in [1.54, 1.807) is 12.5 Å². The Labute approximate surface area is 198 Å². The molecule has 0 N–H and O–H groups in total. The van der Waals surface area contributed by atoms with Crippen LogP contribution in [-0.4, -0.2) is 59.7 Å². The van der Waals surface area contributed by atoms with E-state index in [0.29, 0.717) is 6.67 Å². The summed E-state index contributed by atoms with van der Waals surface area (Å²) in [5.74, 6) is 1.82. The summed E-state index contributed by atoms with van der Waals surface area (Å²) < 4.78 is 9.70. The zero-order valence-electron chi connectivity index (χ0n) is 19.4. The fraction of sp³-hybridized carbons (Fsp3) is 0.360. The van der Waals surface area contributed by atoms with E-state index in [4.69, 9.17) is 9.72 Å². The third-order valence-corrected chi connectivity index (χ3v) is 6.36. The first kappa shape index (κ1) is 21.0. The first-order valence-electron chi connectivity index (χ1n) is 11.7. The Hall–Kier alpha value is -3.56. The minimum Gasteiger partial charge on any atom is -0.373 e. The van der Waals surface area contributed by atoms with Gasteiger partial charge in [-0.1, -0.05) is 12.1 Å². The van der Waals surface area contributed by atoms with Crippen molar-refractivity contribution in [1.29, 1.82) is 0 Å². The summed E-state index contributed by atoms with van der Waals surface area (Å²) in [6.07, 6.45) is 7.85. The van der Waals surface area contributed by atoms with Gasteiger partial charge in [0.15, 0.2) is 5.82 Å². The number of pyridine rings is 1. The predicted octanol–water partition coefficient (Wildman–Crippen LogP) is 3.11. The van der Waals surface area contributed by atoms with Crippen molar-refractivity contribution < 1.29 is 4.74 Å². The Morgan fingerprint density at radius 1 is 0.971 bits per heavy atom. The molecule has 0 amide bonds. The third kappa shape index (κ3) is 4.08. The van der Waals surface area contributed by atoms with Crippen LogP contribution >= 0.6 is 0 Å². The van der Waals surface area contributed by atoms with Crippen molar-refractivity contribution in [3.8, 4) is 17.1 Å². The molecule has 4 aromatic rings. The molecule has 0 bridgehead atoms. The van der Waals surface area contributed by atoms with Gasteiger partial charge in [0, 0.05) is 44.8 Å². The van der Waals surface area contributed by atoms with E-state index in [9.17, 15) is 0 Å². The first-order valence-corrected chi connectivity index (χ1v) is 11.7. The van der Waals surface area contributed by atoms with Crippen LogP contribution in [0.4, 0.5) is 5.82 Å². The summed E-state index contributed by atoms with van der Waals surface area (Å²) in [5.41, 5.74) is 4.46. The number of hydrogen-bond donors (Lipinski definition) is 0. The molecule has 174 valence electrons. The Bertz CT molecular complexity index is 1260. The molecule has 0 saturated carbocycles. The zero-order valence-corrected chi connectivity index (χ0v) is 19.4. The normalized spacial score (nSPS) is 20.2. The van der Waals surface area contributed by atoms with Crippen LogP contribution in [0, 0.1) is 0 Å². The molecule has 6 rings (SSSR count). The molecule has 34 heavy (non-hydrogen) atoms. The van der Waals surface area contributed by atoms with Gasteiger partial charge in [-0.05, 0) is 49.2 Å². The van der Waals surface area contributed by atoms with E-state index in [1.165, 1.54) is 11.1 Å². The van der Waals surface area contributed by atoms with Crippen molar-refractivity contribution >= 4 is 5.82 Å². The summed E-state index contributed by atoms with van der Waals surface area (Å²) in [6, 6.07) is 12.6. The summed E-state index contributed by atoms with van der Waals surface area (Å²) >= 11 is 0. The van der Waals surface area contributed by atoms with Crippen molar-refractivity contribution in [2.75, 3.05) is 18.0 Å². The maximum Gasteiger partial charge on any atom is 0.163 e. The van der Waals surface area contributed by atoms with Crippen LogP contribution in [0.15, 0.2) is 61.3 Å². The largest absolute Gasteiger partial charge is 0.373 e. The van der Waals surface area contributed by atoms with Crippen molar-refractivity contribution in [3.63, 3.8) is 0 Å². The van der Waals surface area contributed by atoms with Gasteiger partial charge >= 0.3 is 0 Å². The maximum absolute atomic E-state index is 5.89. The van der Waals surface area contributed by atoms with E-state index < -0.39 is 0 Å². The Morgan fingerprint density at radius 2 is 1.79 bits per heavy atom. The molecule has 1 saturated heterocycles. The van der Waals surface area contributed by atoms with Crippen LogP contribution < -0.4 is 4.90 Å². The number of ether oxygens (including phenoxy) is 1. The molecule has 2 aliphatic heterocycles. The molecule has 5 heterocycles. The van der Waals surface area contributed by atoms with Gasteiger partial charge in [-0.15, -0.1) is 0 Å². The highest BCUT2D eigenvalue weighted by molar-refractivity contribution is 5.73. The lowest BCUT2D eigenvalue weighted by Gasteiger charge is -2.35. The van der Waals surface area contributed by atoms with Crippen molar-refractivity contribution in [2.24, 2.45) is 0 Å². The third-order valence-electron chi connectivity index (χ3n) is 6.36. The lowest BCUT2D eigenvalue weighted by Crippen LogP contribution is -2.44. The van der Waals surface area contributed by atoms with Gasteiger partial charge in [-0.3, -0.25) is 4.90 Å². The number of aromatic nitrogens is 6. The van der Waals surface area contributed by atoms with Crippen LogP contribution in [0.1, 0.15) is 25.0 Å². The molecule has 2 aliphatic rings. The maximum atomic E-state index is 5.89. The van der Waals surface area contributed by atoms with Gasteiger partial charge in [-0.25, -0.2) is 19.3 Å². The number of fused-ring (bicyclic) bond motifs is 3. The molecular formula is C25H28N8O. The molecule has 1 fully saturated rings. The highest BCUT2D eigenvalue weighted by atomic mass is 16.5. The number of rotatable bonds is 5. The van der Waals surface area contributed by atoms with Crippen molar-refractivity contribution in [1.82, 2.24) is 34.4 Å². The van der Waals surface area contributed by atoms with Crippen molar-refractivity contribution in [2.45, 2.75) is 45.8 Å². The van der Waals surface area contributed by atoms with Crippen molar-refractivity contribution in [3.05, 3.63) is 72.4 Å². The van der Waals surface area contributed by atoms with E-state index in [0.717, 1.165) is 49.1 Å². The first-order chi connectivity index (χ1) is 16.6. The minimum atomic E-state index is 0.243. The highest BCUT2D eigenvalue weighted by Gasteiger charge is 2.27. The van der Waals surface area contributed by atoms with E-state index >= 15 is 0 Å². The Kier molecular flexibility index (Phi) is 5.35. The van der Waals surface area contributed by atoms with Gasteiger partial charge in [0.1, 0.15) is 18.8 Å². The van der Waals surface area contributed by atoms with Crippen LogP contribution in [0.3, 0.4) is 0 Å². The molecule has 1 aromatic carbocycles. The fourth-order valence-corrected chi connectivity index (χ4v) is 5.00. The van der Waals surface area contributed by atoms with Crippen LogP contribution in [-0.2, 0) is 24.5 Å². The monoisotopic (exact) mass is 456 g/mol. The second kappa shape index (κ2) is 8.66. The second-order valence-corrected chi connectivity index (χ2v) is 9.21. The Balaban J connectivity index is 1.25. The average molecular weight is 457 g/mol. The minimum absolute atomic E-state index is 0.243. The van der Waals surface area contributed by atoms with Gasteiger partial charge in [0.25, 0.3) is 0 Å². The zero-order chi connectivity index (χ0) is 23.1. The summed E-state index contributed by atoms with van der Waals surface area (Å²) in [5, 5.41) is 8.76. The van der Waals surface area contributed by atoms with Crippen LogP contribution in [0.2, 0.25) is 0 Å². The molecule has 3 aromatic heterocycles. The molecule has 0 spiro atoms. The summed E-state index contributed by atoms with van der Waals surface area (Å²) in [4.78, 5) is 14.1. The van der Waals surface area contributed by atoms with E-state index in [1.807, 2.05) is 27.8 Å². The molecule has 9 heteroatoms. The molecule has 0 radical (unpaired) electrons. The summed E-state index contributed by atoms with van der Waals surface area (Å²) in [6.45, 7) is 8.33. The smallest absolute Gasteiger partial charge is 0.163 e. The number of anilines is 1. The van der Waals surface area contributed by atoms with Gasteiger partial charge in [-0.2, -0.15) is 10.2 Å². The highest BCUT2D eigenvalue weighted by Crippen LogP contribution is 2.34. The summed E-state index contributed by atoms with van der Waals surface area (Å²) in [7, 11) is 0.